The molecule has 3 aliphatic heterocycles. The summed E-state index contributed by atoms with van der Waals surface area (Å²) in [5, 5.41) is 20.5. The summed E-state index contributed by atoms with van der Waals surface area (Å²) in [5.74, 6) is 0.438. The summed E-state index contributed by atoms with van der Waals surface area (Å²) < 4.78 is 24.7. The second-order valence-electron chi connectivity index (χ2n) is 12.8. The molecule has 4 N–H and O–H groups in total. The molecule has 7 rings (SSSR count). The predicted octanol–water partition coefficient (Wildman–Crippen LogP) is 4.36. The smallest absolute Gasteiger partial charge is 0.252 e. The molecule has 1 spiro atoms. The molecule has 5 heterocycles. The van der Waals surface area contributed by atoms with E-state index in [1.165, 1.54) is 6.26 Å². The van der Waals surface area contributed by atoms with Gasteiger partial charge in [-0.25, -0.2) is 9.97 Å². The molecule has 4 bridgehead atoms. The molecule has 12 heteroatoms. The number of rotatable bonds is 8. The van der Waals surface area contributed by atoms with Crippen molar-refractivity contribution in [1.29, 1.82) is 0 Å². The lowest BCUT2D eigenvalue weighted by Crippen LogP contribution is -2.55. The first-order chi connectivity index (χ1) is 22.6. The highest BCUT2D eigenvalue weighted by molar-refractivity contribution is 5.91. The Morgan fingerprint density at radius 2 is 1.94 bits per heavy atom. The highest BCUT2D eigenvalue weighted by atomic mass is 16.5. The number of aromatic nitrogens is 2. The number of hydrogen-bond donors (Lipinski definition) is 4. The van der Waals surface area contributed by atoms with Crippen molar-refractivity contribution < 1.29 is 33.0 Å². The van der Waals surface area contributed by atoms with Gasteiger partial charge in [0.05, 0.1) is 6.61 Å². The van der Waals surface area contributed by atoms with Gasteiger partial charge in [0.25, 0.3) is 5.91 Å². The van der Waals surface area contributed by atoms with Gasteiger partial charge in [0, 0.05) is 24.8 Å². The Morgan fingerprint density at radius 3 is 2.68 bits per heavy atom. The summed E-state index contributed by atoms with van der Waals surface area (Å²) in [7, 11) is 1.58. The Labute approximate surface area is 272 Å². The number of anilines is 1. The third-order valence-corrected chi connectivity index (χ3v) is 9.68. The molecule has 4 aromatic rings. The van der Waals surface area contributed by atoms with Crippen molar-refractivity contribution in [3.05, 3.63) is 82.8 Å². The lowest BCUT2D eigenvalue weighted by atomic mass is 9.72. The number of aliphatic hydroxyl groups is 1. The Hall–Kier alpha value is -4.68. The molecule has 0 fully saturated rings. The first kappa shape index (κ1) is 30.9. The molecule has 0 saturated carbocycles. The third-order valence-electron chi connectivity index (χ3n) is 9.68. The summed E-state index contributed by atoms with van der Waals surface area (Å²) in [6.07, 6.45) is 1.53. The molecular formula is C35H39N5O7. The zero-order valence-corrected chi connectivity index (χ0v) is 27.0. The van der Waals surface area contributed by atoms with E-state index in [4.69, 9.17) is 23.3 Å². The first-order valence-corrected chi connectivity index (χ1v) is 16.1. The molecule has 4 atom stereocenters. The largest absolute Gasteiger partial charge is 0.469 e. The Morgan fingerprint density at radius 1 is 1.15 bits per heavy atom. The van der Waals surface area contributed by atoms with Crippen molar-refractivity contribution >= 4 is 17.5 Å². The average molecular weight is 642 g/mol. The van der Waals surface area contributed by atoms with Crippen molar-refractivity contribution in [3.8, 4) is 17.3 Å². The van der Waals surface area contributed by atoms with E-state index in [1.807, 2.05) is 56.3 Å². The second kappa shape index (κ2) is 11.5. The molecule has 0 saturated heterocycles. The SMILES string of the molecule is CCC(O)(CC)C(=O)N[C@H]1Cc2ccc3c(c2)C2(c4ccccc4NC2O3)c2oc(nc2-c2nc(COC)co2)[C@H](C(C)C)NC1=O. The number of benzene rings is 2. The summed E-state index contributed by atoms with van der Waals surface area (Å²) >= 11 is 0. The second-order valence-corrected chi connectivity index (χ2v) is 12.8. The van der Waals surface area contributed by atoms with E-state index in [1.54, 1.807) is 21.0 Å². The molecule has 0 aliphatic carbocycles. The van der Waals surface area contributed by atoms with Crippen molar-refractivity contribution in [2.45, 2.75) is 82.9 Å². The van der Waals surface area contributed by atoms with Gasteiger partial charge in [-0.15, -0.1) is 0 Å². The fraction of sp³-hybridized carbons (Fsp3) is 0.429. The van der Waals surface area contributed by atoms with Crippen LogP contribution in [0.3, 0.4) is 0 Å². The minimum atomic E-state index is -1.60. The van der Waals surface area contributed by atoms with Crippen LogP contribution in [0, 0.1) is 5.92 Å². The summed E-state index contributed by atoms with van der Waals surface area (Å²) in [5.41, 5.74) is 1.77. The molecule has 246 valence electrons. The first-order valence-electron chi connectivity index (χ1n) is 16.1. The fourth-order valence-corrected chi connectivity index (χ4v) is 6.94. The number of ether oxygens (including phenoxy) is 2. The normalized spacial score (nSPS) is 22.8. The maximum absolute atomic E-state index is 14.1. The van der Waals surface area contributed by atoms with Gasteiger partial charge in [0.1, 0.15) is 40.8 Å². The van der Waals surface area contributed by atoms with Crippen LogP contribution in [0.2, 0.25) is 0 Å². The van der Waals surface area contributed by atoms with E-state index < -0.39 is 41.1 Å². The predicted molar refractivity (Wildman–Crippen MR) is 170 cm³/mol. The molecule has 2 amide bonds. The zero-order valence-electron chi connectivity index (χ0n) is 27.0. The van der Waals surface area contributed by atoms with Crippen LogP contribution >= 0.6 is 0 Å². The number of carbonyl (C=O) groups is 2. The lowest BCUT2D eigenvalue weighted by molar-refractivity contribution is -0.143. The number of oxazole rings is 2. The molecule has 12 nitrogen and oxygen atoms in total. The highest BCUT2D eigenvalue weighted by Gasteiger charge is 2.61. The van der Waals surface area contributed by atoms with Crippen LogP contribution in [0.4, 0.5) is 5.69 Å². The van der Waals surface area contributed by atoms with Crippen molar-refractivity contribution in [1.82, 2.24) is 20.6 Å². The van der Waals surface area contributed by atoms with E-state index in [-0.39, 0.29) is 43.6 Å². The van der Waals surface area contributed by atoms with Crippen molar-refractivity contribution in [2.75, 3.05) is 12.4 Å². The standard InChI is InChI=1S/C35H39N5O7/c1-6-34(43,7-2)32(42)37-24-15-19-12-13-25-22(14-19)35(21-10-8-9-11-23(21)38-33(35)46-25)28-27(30-36-20(16-44-5)17-45-30)40-31(47-28)26(18(3)4)39-29(24)41/h8-14,17-18,24,26,33,38,43H,6-7,15-16H2,1-5H3,(H,37,42)(H,39,41)/t24-,26-,33?,35?/m0/s1. The average Bonchev–Trinajstić information content (AvgIpc) is 3.83. The van der Waals surface area contributed by atoms with Crippen LogP contribution < -0.4 is 20.7 Å². The van der Waals surface area contributed by atoms with Gasteiger partial charge in [0.2, 0.25) is 17.7 Å². The number of nitrogens with zero attached hydrogens (tertiary/aromatic N) is 2. The van der Waals surface area contributed by atoms with Crippen LogP contribution in [0.1, 0.15) is 80.6 Å². The topological polar surface area (TPSA) is 161 Å². The third kappa shape index (κ3) is 4.80. The van der Waals surface area contributed by atoms with Crippen LogP contribution in [-0.2, 0) is 32.8 Å². The van der Waals surface area contributed by atoms with Crippen molar-refractivity contribution in [3.63, 3.8) is 0 Å². The highest BCUT2D eigenvalue weighted by Crippen LogP contribution is 2.59. The minimum absolute atomic E-state index is 0.162. The van der Waals surface area contributed by atoms with Gasteiger partial charge in [-0.1, -0.05) is 58.0 Å². The van der Waals surface area contributed by atoms with Crippen LogP contribution in [-0.4, -0.2) is 51.9 Å². The quantitative estimate of drug-likeness (QED) is 0.218. The lowest BCUT2D eigenvalue weighted by Gasteiger charge is -2.30. The number of hydrogen-bond acceptors (Lipinski definition) is 10. The number of para-hydroxylation sites is 1. The molecule has 47 heavy (non-hydrogen) atoms. The summed E-state index contributed by atoms with van der Waals surface area (Å²) in [6.45, 7) is 7.64. The maximum Gasteiger partial charge on any atom is 0.252 e. The molecule has 0 radical (unpaired) electrons. The van der Waals surface area contributed by atoms with E-state index in [2.05, 4.69) is 20.9 Å². The molecule has 2 aromatic heterocycles. The molecular weight excluding hydrogens is 602 g/mol. The van der Waals surface area contributed by atoms with Gasteiger partial charge in [-0.2, -0.15) is 0 Å². The van der Waals surface area contributed by atoms with E-state index in [9.17, 15) is 14.7 Å². The number of nitrogens with one attached hydrogen (secondary N) is 3. The Bertz CT molecular complexity index is 1840. The van der Waals surface area contributed by atoms with Gasteiger partial charge in [-0.05, 0) is 42.0 Å². The Balaban J connectivity index is 1.47. The van der Waals surface area contributed by atoms with E-state index >= 15 is 0 Å². The number of carbonyl (C=O) groups excluding carboxylic acids is 2. The van der Waals surface area contributed by atoms with Gasteiger partial charge in [-0.3, -0.25) is 9.59 Å². The fourth-order valence-electron chi connectivity index (χ4n) is 6.94. The van der Waals surface area contributed by atoms with E-state index in [0.29, 0.717) is 22.9 Å². The summed E-state index contributed by atoms with van der Waals surface area (Å²) in [6, 6.07) is 12.1. The monoisotopic (exact) mass is 641 g/mol. The van der Waals surface area contributed by atoms with Crippen molar-refractivity contribution in [2.24, 2.45) is 5.92 Å². The molecule has 2 aromatic carbocycles. The van der Waals surface area contributed by atoms with Gasteiger partial charge < -0.3 is 39.4 Å². The van der Waals surface area contributed by atoms with Crippen LogP contribution in [0.25, 0.3) is 11.6 Å². The zero-order chi connectivity index (χ0) is 33.1. The van der Waals surface area contributed by atoms with E-state index in [0.717, 1.165) is 22.4 Å². The Kier molecular flexibility index (Phi) is 7.59. The summed E-state index contributed by atoms with van der Waals surface area (Å²) in [4.78, 5) is 37.1. The number of methoxy groups -OCH3 is 1. The molecule has 3 aliphatic rings. The van der Waals surface area contributed by atoms with Crippen LogP contribution in [0.5, 0.6) is 5.75 Å². The number of amides is 2. The van der Waals surface area contributed by atoms with Gasteiger partial charge >= 0.3 is 0 Å². The number of fused-ring (bicyclic) bond motifs is 4. The molecule has 2 unspecified atom stereocenters. The maximum atomic E-state index is 14.1. The van der Waals surface area contributed by atoms with Gasteiger partial charge in [0.15, 0.2) is 17.7 Å². The van der Waals surface area contributed by atoms with Crippen LogP contribution in [0.15, 0.2) is 57.6 Å². The minimum Gasteiger partial charge on any atom is -0.469 e.